The van der Waals surface area contributed by atoms with Crippen LogP contribution in [0, 0.1) is 25.2 Å². The molecule has 0 amide bonds. The third-order valence-corrected chi connectivity index (χ3v) is 2.84. The summed E-state index contributed by atoms with van der Waals surface area (Å²) in [6.07, 6.45) is 0. The fourth-order valence-corrected chi connectivity index (χ4v) is 1.82. The van der Waals surface area contributed by atoms with Gasteiger partial charge in [-0.25, -0.2) is 9.97 Å². The van der Waals surface area contributed by atoms with E-state index in [1.54, 1.807) is 6.07 Å². The number of hydrogen-bond donors (Lipinski definition) is 0. The van der Waals surface area contributed by atoms with Crippen LogP contribution in [0.1, 0.15) is 22.5 Å². The highest BCUT2D eigenvalue weighted by atomic mass is 15.2. The second-order valence-electron chi connectivity index (χ2n) is 4.65. The highest BCUT2D eigenvalue weighted by molar-refractivity contribution is 5.36. The Morgan fingerprint density at radius 3 is 2.47 bits per heavy atom. The van der Waals surface area contributed by atoms with E-state index in [-0.39, 0.29) is 0 Å². The first-order chi connectivity index (χ1) is 9.08. The summed E-state index contributed by atoms with van der Waals surface area (Å²) in [6.45, 7) is 4.65. The van der Waals surface area contributed by atoms with Crippen molar-refractivity contribution in [1.82, 2.24) is 9.97 Å². The number of hydrogen-bond acceptors (Lipinski definition) is 4. The summed E-state index contributed by atoms with van der Waals surface area (Å²) < 4.78 is 0. The zero-order chi connectivity index (χ0) is 13.8. The molecule has 0 aliphatic rings. The van der Waals surface area contributed by atoms with E-state index in [0.29, 0.717) is 18.2 Å². The van der Waals surface area contributed by atoms with Gasteiger partial charge in [0.2, 0.25) is 5.95 Å². The van der Waals surface area contributed by atoms with Crippen molar-refractivity contribution in [3.63, 3.8) is 0 Å². The van der Waals surface area contributed by atoms with Crippen molar-refractivity contribution in [2.24, 2.45) is 0 Å². The normalized spacial score (nSPS) is 10.0. The largest absolute Gasteiger partial charge is 0.340 e. The second kappa shape index (κ2) is 5.49. The molecule has 0 fully saturated rings. The maximum Gasteiger partial charge on any atom is 0.226 e. The summed E-state index contributed by atoms with van der Waals surface area (Å²) in [6, 6.07) is 12.1. The SMILES string of the molecule is Cc1ccc(CN(C)c2nc(C)cc(C#N)n2)cc1. The van der Waals surface area contributed by atoms with E-state index in [1.165, 1.54) is 11.1 Å². The van der Waals surface area contributed by atoms with Gasteiger partial charge in [0, 0.05) is 19.3 Å². The van der Waals surface area contributed by atoms with Crippen molar-refractivity contribution >= 4 is 5.95 Å². The maximum atomic E-state index is 8.93. The summed E-state index contributed by atoms with van der Waals surface area (Å²) in [4.78, 5) is 10.5. The van der Waals surface area contributed by atoms with Crippen molar-refractivity contribution in [3.8, 4) is 6.07 Å². The number of benzene rings is 1. The number of rotatable bonds is 3. The molecule has 4 nitrogen and oxygen atoms in total. The molecule has 96 valence electrons. The molecule has 0 aliphatic carbocycles. The monoisotopic (exact) mass is 252 g/mol. The average molecular weight is 252 g/mol. The van der Waals surface area contributed by atoms with Crippen LogP contribution in [0.4, 0.5) is 5.95 Å². The van der Waals surface area contributed by atoms with Gasteiger partial charge in [-0.15, -0.1) is 0 Å². The molecule has 0 radical (unpaired) electrons. The highest BCUT2D eigenvalue weighted by Gasteiger charge is 2.07. The van der Waals surface area contributed by atoms with E-state index < -0.39 is 0 Å². The van der Waals surface area contributed by atoms with E-state index in [9.17, 15) is 0 Å². The van der Waals surface area contributed by atoms with Gasteiger partial charge in [-0.2, -0.15) is 5.26 Å². The number of aromatic nitrogens is 2. The van der Waals surface area contributed by atoms with Crippen LogP contribution < -0.4 is 4.90 Å². The summed E-state index contributed by atoms with van der Waals surface area (Å²) in [5.74, 6) is 0.581. The van der Waals surface area contributed by atoms with Gasteiger partial charge in [0.1, 0.15) is 11.8 Å². The Morgan fingerprint density at radius 1 is 1.16 bits per heavy atom. The first-order valence-corrected chi connectivity index (χ1v) is 6.11. The van der Waals surface area contributed by atoms with Crippen molar-refractivity contribution in [2.45, 2.75) is 20.4 Å². The molecule has 2 aromatic rings. The smallest absolute Gasteiger partial charge is 0.226 e. The van der Waals surface area contributed by atoms with E-state index in [1.807, 2.05) is 18.9 Å². The fraction of sp³-hybridized carbons (Fsp3) is 0.267. The lowest BCUT2D eigenvalue weighted by Gasteiger charge is -2.17. The fourth-order valence-electron chi connectivity index (χ4n) is 1.82. The van der Waals surface area contributed by atoms with E-state index in [0.717, 1.165) is 5.69 Å². The first kappa shape index (κ1) is 13.0. The summed E-state index contributed by atoms with van der Waals surface area (Å²) in [5.41, 5.74) is 3.64. The van der Waals surface area contributed by atoms with Gasteiger partial charge in [-0.1, -0.05) is 29.8 Å². The average Bonchev–Trinajstić information content (AvgIpc) is 2.40. The quantitative estimate of drug-likeness (QED) is 0.842. The molecule has 0 saturated heterocycles. The molecular weight excluding hydrogens is 236 g/mol. The first-order valence-electron chi connectivity index (χ1n) is 6.11. The van der Waals surface area contributed by atoms with Gasteiger partial charge < -0.3 is 4.90 Å². The highest BCUT2D eigenvalue weighted by Crippen LogP contribution is 2.12. The van der Waals surface area contributed by atoms with Crippen molar-refractivity contribution in [1.29, 1.82) is 5.26 Å². The zero-order valence-electron chi connectivity index (χ0n) is 11.4. The molecule has 1 aromatic heterocycles. The minimum Gasteiger partial charge on any atom is -0.340 e. The molecule has 1 heterocycles. The van der Waals surface area contributed by atoms with Crippen molar-refractivity contribution in [3.05, 3.63) is 52.8 Å². The van der Waals surface area contributed by atoms with Gasteiger partial charge in [-0.3, -0.25) is 0 Å². The lowest BCUT2D eigenvalue weighted by molar-refractivity contribution is 0.856. The van der Waals surface area contributed by atoms with Crippen LogP contribution in [0.3, 0.4) is 0 Å². The van der Waals surface area contributed by atoms with Crippen LogP contribution in [0.25, 0.3) is 0 Å². The van der Waals surface area contributed by atoms with E-state index in [4.69, 9.17) is 5.26 Å². The predicted octanol–water partition coefficient (Wildman–Crippen LogP) is 2.60. The molecule has 0 N–H and O–H groups in total. The van der Waals surface area contributed by atoms with Gasteiger partial charge in [0.25, 0.3) is 0 Å². The second-order valence-corrected chi connectivity index (χ2v) is 4.65. The van der Waals surface area contributed by atoms with Gasteiger partial charge in [0.15, 0.2) is 0 Å². The number of nitrogens with zero attached hydrogens (tertiary/aromatic N) is 4. The Balaban J connectivity index is 2.20. The molecular formula is C15H16N4. The third-order valence-electron chi connectivity index (χ3n) is 2.84. The maximum absolute atomic E-state index is 8.93. The molecule has 0 spiro atoms. The Morgan fingerprint density at radius 2 is 1.84 bits per heavy atom. The lowest BCUT2D eigenvalue weighted by atomic mass is 10.1. The van der Waals surface area contributed by atoms with Crippen molar-refractivity contribution in [2.75, 3.05) is 11.9 Å². The van der Waals surface area contributed by atoms with Crippen LogP contribution in [-0.2, 0) is 6.54 Å². The Bertz CT molecular complexity index is 611. The topological polar surface area (TPSA) is 52.8 Å². The number of aryl methyl sites for hydroxylation is 2. The summed E-state index contributed by atoms with van der Waals surface area (Å²) in [7, 11) is 1.93. The minimum absolute atomic E-state index is 0.401. The molecule has 0 atom stereocenters. The Hall–Kier alpha value is -2.41. The van der Waals surface area contributed by atoms with E-state index >= 15 is 0 Å². The lowest BCUT2D eigenvalue weighted by Crippen LogP contribution is -2.19. The molecule has 0 aliphatic heterocycles. The van der Waals surface area contributed by atoms with Crippen LogP contribution in [-0.4, -0.2) is 17.0 Å². The van der Waals surface area contributed by atoms with Crippen LogP contribution in [0.5, 0.6) is 0 Å². The van der Waals surface area contributed by atoms with Gasteiger partial charge >= 0.3 is 0 Å². The number of nitriles is 1. The predicted molar refractivity (Wildman–Crippen MR) is 74.8 cm³/mol. The molecule has 0 bridgehead atoms. The summed E-state index contributed by atoms with van der Waals surface area (Å²) in [5, 5.41) is 8.93. The zero-order valence-corrected chi connectivity index (χ0v) is 11.4. The Kier molecular flexibility index (Phi) is 3.76. The molecule has 19 heavy (non-hydrogen) atoms. The minimum atomic E-state index is 0.401. The van der Waals surface area contributed by atoms with Crippen LogP contribution in [0.15, 0.2) is 30.3 Å². The van der Waals surface area contributed by atoms with Gasteiger partial charge in [0.05, 0.1) is 0 Å². The van der Waals surface area contributed by atoms with E-state index in [2.05, 4.69) is 47.2 Å². The van der Waals surface area contributed by atoms with Gasteiger partial charge in [-0.05, 0) is 25.5 Å². The third kappa shape index (κ3) is 3.29. The Labute approximate surface area is 113 Å². The summed E-state index contributed by atoms with van der Waals surface area (Å²) >= 11 is 0. The standard InChI is InChI=1S/C15H16N4/c1-11-4-6-13(7-5-11)10-19(3)15-17-12(2)8-14(9-16)18-15/h4-8H,10H2,1-3H3. The number of anilines is 1. The molecule has 1 aromatic carbocycles. The molecule has 2 rings (SSSR count). The molecule has 0 saturated carbocycles. The molecule has 4 heteroatoms. The van der Waals surface area contributed by atoms with Crippen LogP contribution >= 0.6 is 0 Å². The molecule has 0 unspecified atom stereocenters. The van der Waals surface area contributed by atoms with Crippen molar-refractivity contribution < 1.29 is 0 Å². The van der Waals surface area contributed by atoms with Crippen LogP contribution in [0.2, 0.25) is 0 Å².